The highest BCUT2D eigenvalue weighted by Gasteiger charge is 2.18. The molecule has 1 rings (SSSR count). The van der Waals surface area contributed by atoms with Crippen molar-refractivity contribution in [1.82, 2.24) is 0 Å². The van der Waals surface area contributed by atoms with Crippen molar-refractivity contribution in [3.05, 3.63) is 11.6 Å². The van der Waals surface area contributed by atoms with Crippen molar-refractivity contribution >= 4 is 15.7 Å². The number of hydrogen-bond donors (Lipinski definition) is 1. The first-order valence-corrected chi connectivity index (χ1v) is 5.03. The Hall–Kier alpha value is -0.840. The van der Waals surface area contributed by atoms with E-state index in [2.05, 4.69) is 0 Å². The van der Waals surface area contributed by atoms with E-state index in [0.29, 0.717) is 5.57 Å². The molecule has 11 heavy (non-hydrogen) atoms. The number of primary amides is 1. The molecular formula is C6H9NO3S. The van der Waals surface area contributed by atoms with Gasteiger partial charge in [0, 0.05) is 5.57 Å². The van der Waals surface area contributed by atoms with E-state index >= 15 is 0 Å². The molecule has 1 heterocycles. The second kappa shape index (κ2) is 2.65. The Morgan fingerprint density at radius 2 is 2.18 bits per heavy atom. The van der Waals surface area contributed by atoms with E-state index in [1.807, 2.05) is 0 Å². The Morgan fingerprint density at radius 3 is 2.55 bits per heavy atom. The van der Waals surface area contributed by atoms with Crippen molar-refractivity contribution in [3.63, 3.8) is 0 Å². The standard InChI is InChI=1S/C6H9NO3S/c7-6(8)5-1-3-11(9,10)4-2-5/h1H,2-4H2,(H2,7,8). The minimum absolute atomic E-state index is 0.0434. The maximum Gasteiger partial charge on any atom is 0.244 e. The molecule has 0 aromatic heterocycles. The van der Waals surface area contributed by atoms with E-state index in [0.717, 1.165) is 0 Å². The van der Waals surface area contributed by atoms with Crippen molar-refractivity contribution < 1.29 is 13.2 Å². The van der Waals surface area contributed by atoms with Crippen LogP contribution in [0.3, 0.4) is 0 Å². The molecule has 0 spiro atoms. The Bertz CT molecular complexity index is 302. The monoisotopic (exact) mass is 175 g/mol. The summed E-state index contributed by atoms with van der Waals surface area (Å²) in [6, 6.07) is 0. The fourth-order valence-corrected chi connectivity index (χ4v) is 2.05. The number of rotatable bonds is 1. The summed E-state index contributed by atoms with van der Waals surface area (Å²) in [6.45, 7) is 0. The summed E-state index contributed by atoms with van der Waals surface area (Å²) in [7, 11) is -2.93. The van der Waals surface area contributed by atoms with Gasteiger partial charge in [-0.25, -0.2) is 8.42 Å². The van der Waals surface area contributed by atoms with Crippen LogP contribution in [0, 0.1) is 0 Å². The van der Waals surface area contributed by atoms with Crippen molar-refractivity contribution in [3.8, 4) is 0 Å². The van der Waals surface area contributed by atoms with Crippen molar-refractivity contribution in [2.24, 2.45) is 5.73 Å². The quantitative estimate of drug-likeness (QED) is 0.567. The summed E-state index contributed by atoms with van der Waals surface area (Å²) < 4.78 is 21.6. The van der Waals surface area contributed by atoms with E-state index in [4.69, 9.17) is 5.73 Å². The SMILES string of the molecule is NC(=O)C1=CCS(=O)(=O)CC1. The summed E-state index contributed by atoms with van der Waals surface area (Å²) in [5, 5.41) is 0. The van der Waals surface area contributed by atoms with E-state index < -0.39 is 15.7 Å². The van der Waals surface area contributed by atoms with Crippen LogP contribution in [0.4, 0.5) is 0 Å². The van der Waals surface area contributed by atoms with Crippen molar-refractivity contribution in [2.45, 2.75) is 6.42 Å². The van der Waals surface area contributed by atoms with E-state index in [1.54, 1.807) is 0 Å². The molecule has 4 nitrogen and oxygen atoms in total. The smallest absolute Gasteiger partial charge is 0.244 e. The van der Waals surface area contributed by atoms with Crippen LogP contribution in [0.5, 0.6) is 0 Å². The van der Waals surface area contributed by atoms with Crippen LogP contribution in [-0.4, -0.2) is 25.8 Å². The second-order valence-corrected chi connectivity index (χ2v) is 4.69. The predicted molar refractivity (Wildman–Crippen MR) is 40.5 cm³/mol. The molecule has 0 radical (unpaired) electrons. The fraction of sp³-hybridized carbons (Fsp3) is 0.500. The lowest BCUT2D eigenvalue weighted by Gasteiger charge is -2.09. The van der Waals surface area contributed by atoms with Gasteiger partial charge in [0.05, 0.1) is 11.5 Å². The summed E-state index contributed by atoms with van der Waals surface area (Å²) in [4.78, 5) is 10.5. The highest BCUT2D eigenvalue weighted by Crippen LogP contribution is 2.11. The molecule has 1 aliphatic rings. The molecule has 0 unspecified atom stereocenters. The van der Waals surface area contributed by atoms with Gasteiger partial charge in [0.15, 0.2) is 9.84 Å². The van der Waals surface area contributed by atoms with E-state index in [1.165, 1.54) is 6.08 Å². The average molecular weight is 175 g/mol. The molecule has 1 amide bonds. The predicted octanol–water partition coefficient (Wildman–Crippen LogP) is -0.783. The number of hydrogen-bond acceptors (Lipinski definition) is 3. The summed E-state index contributed by atoms with van der Waals surface area (Å²) >= 11 is 0. The number of carbonyl (C=O) groups is 1. The molecule has 5 heteroatoms. The van der Waals surface area contributed by atoms with E-state index in [9.17, 15) is 13.2 Å². The van der Waals surface area contributed by atoms with Gasteiger partial charge in [0.25, 0.3) is 0 Å². The zero-order valence-electron chi connectivity index (χ0n) is 5.91. The molecule has 0 saturated heterocycles. The maximum atomic E-state index is 10.8. The molecule has 0 bridgehead atoms. The third-order valence-corrected chi connectivity index (χ3v) is 3.08. The summed E-state index contributed by atoms with van der Waals surface area (Å²) in [5.74, 6) is -0.521. The van der Waals surface area contributed by atoms with Gasteiger partial charge in [-0.15, -0.1) is 0 Å². The molecule has 62 valence electrons. The first kappa shape index (κ1) is 8.26. The third-order valence-electron chi connectivity index (χ3n) is 1.58. The lowest BCUT2D eigenvalue weighted by molar-refractivity contribution is -0.114. The highest BCUT2D eigenvalue weighted by atomic mass is 32.2. The van der Waals surface area contributed by atoms with Gasteiger partial charge in [0.1, 0.15) is 0 Å². The largest absolute Gasteiger partial charge is 0.366 e. The summed E-state index contributed by atoms with van der Waals surface area (Å²) in [5.41, 5.74) is 5.38. The fourth-order valence-electron chi connectivity index (χ4n) is 0.902. The van der Waals surface area contributed by atoms with Gasteiger partial charge >= 0.3 is 0 Å². The second-order valence-electron chi connectivity index (χ2n) is 2.46. The van der Waals surface area contributed by atoms with Gasteiger partial charge < -0.3 is 5.73 Å². The van der Waals surface area contributed by atoms with Crippen LogP contribution < -0.4 is 5.73 Å². The lowest BCUT2D eigenvalue weighted by atomic mass is 10.2. The van der Waals surface area contributed by atoms with Crippen LogP contribution in [0.25, 0.3) is 0 Å². The van der Waals surface area contributed by atoms with Crippen LogP contribution in [0.2, 0.25) is 0 Å². The Labute approximate surface area is 65.0 Å². The number of carbonyl (C=O) groups excluding carboxylic acids is 1. The van der Waals surface area contributed by atoms with Gasteiger partial charge in [-0.3, -0.25) is 4.79 Å². The van der Waals surface area contributed by atoms with Gasteiger partial charge in [-0.1, -0.05) is 6.08 Å². The molecule has 0 aromatic rings. The molecule has 0 aliphatic carbocycles. The van der Waals surface area contributed by atoms with Gasteiger partial charge in [-0.2, -0.15) is 0 Å². The molecule has 0 atom stereocenters. The maximum absolute atomic E-state index is 10.8. The molecule has 1 aliphatic heterocycles. The Kier molecular flexibility index (Phi) is 1.99. The zero-order valence-corrected chi connectivity index (χ0v) is 6.73. The van der Waals surface area contributed by atoms with Gasteiger partial charge in [0.2, 0.25) is 5.91 Å². The zero-order chi connectivity index (χ0) is 8.48. The molecule has 0 saturated carbocycles. The minimum atomic E-state index is -2.93. The molecule has 0 fully saturated rings. The third kappa shape index (κ3) is 2.04. The molecule has 0 aromatic carbocycles. The van der Waals surface area contributed by atoms with Crippen molar-refractivity contribution in [1.29, 1.82) is 0 Å². The first-order valence-electron chi connectivity index (χ1n) is 3.20. The van der Waals surface area contributed by atoms with Gasteiger partial charge in [-0.05, 0) is 6.42 Å². The van der Waals surface area contributed by atoms with E-state index in [-0.39, 0.29) is 17.9 Å². The minimum Gasteiger partial charge on any atom is -0.366 e. The number of nitrogens with two attached hydrogens (primary N) is 1. The number of sulfone groups is 1. The highest BCUT2D eigenvalue weighted by molar-refractivity contribution is 7.91. The topological polar surface area (TPSA) is 77.2 Å². The Balaban J connectivity index is 2.81. The number of amides is 1. The first-order chi connectivity index (χ1) is 5.01. The van der Waals surface area contributed by atoms with Crippen LogP contribution in [0.15, 0.2) is 11.6 Å². The van der Waals surface area contributed by atoms with Crippen LogP contribution in [-0.2, 0) is 14.6 Å². The lowest BCUT2D eigenvalue weighted by Crippen LogP contribution is -2.23. The summed E-state index contributed by atoms with van der Waals surface area (Å²) in [6.07, 6.45) is 1.65. The van der Waals surface area contributed by atoms with Crippen LogP contribution >= 0.6 is 0 Å². The average Bonchev–Trinajstić information content (AvgIpc) is 1.86. The molecule has 2 N–H and O–H groups in total. The Morgan fingerprint density at radius 1 is 1.55 bits per heavy atom. The molecular weight excluding hydrogens is 166 g/mol. The van der Waals surface area contributed by atoms with Crippen molar-refractivity contribution in [2.75, 3.05) is 11.5 Å². The van der Waals surface area contributed by atoms with Crippen LogP contribution in [0.1, 0.15) is 6.42 Å². The normalized spacial score (nSPS) is 22.4.